The van der Waals surface area contributed by atoms with E-state index in [1.807, 2.05) is 0 Å². The molecule has 0 amide bonds. The van der Waals surface area contributed by atoms with Gasteiger partial charge < -0.3 is 5.73 Å². The van der Waals surface area contributed by atoms with Crippen LogP contribution in [0.2, 0.25) is 0 Å². The highest BCUT2D eigenvalue weighted by Gasteiger charge is 2.14. The molecule has 1 nitrogen and oxygen atoms in total. The van der Waals surface area contributed by atoms with E-state index in [2.05, 4.69) is 13.8 Å². The highest BCUT2D eigenvalue weighted by atomic mass is 14.6. The molecule has 12 heavy (non-hydrogen) atoms. The van der Waals surface area contributed by atoms with E-state index in [0.29, 0.717) is 6.04 Å². The third-order valence-electron chi connectivity index (χ3n) is 2.92. The molecule has 0 aromatic heterocycles. The van der Waals surface area contributed by atoms with Crippen LogP contribution >= 0.6 is 0 Å². The molecular weight excluding hydrogens is 146 g/mol. The van der Waals surface area contributed by atoms with Crippen LogP contribution in [0.1, 0.15) is 52.4 Å². The Labute approximate surface area is 76.0 Å². The fourth-order valence-electron chi connectivity index (χ4n) is 2.17. The monoisotopic (exact) mass is 167 g/mol. The van der Waals surface area contributed by atoms with Crippen molar-refractivity contribution in [2.24, 2.45) is 5.73 Å². The molecule has 1 rings (SSSR count). The molecule has 1 saturated carbocycles. The number of allylic oxidation sites excluding steroid dienone is 1. The molecule has 0 spiro atoms. The van der Waals surface area contributed by atoms with Crippen LogP contribution in [-0.4, -0.2) is 6.04 Å². The standard InChI is InChI=1S/C11H21N/c1-3-9(4-2)10-6-5-7-11(12)8-10/h11H,3-8,12H2,1-2H3. The molecule has 0 radical (unpaired) electrons. The van der Waals surface area contributed by atoms with Crippen molar-refractivity contribution in [3.05, 3.63) is 11.1 Å². The summed E-state index contributed by atoms with van der Waals surface area (Å²) in [5.41, 5.74) is 9.26. The topological polar surface area (TPSA) is 26.0 Å². The molecule has 0 heterocycles. The molecule has 1 fully saturated rings. The first kappa shape index (κ1) is 9.79. The van der Waals surface area contributed by atoms with E-state index >= 15 is 0 Å². The predicted octanol–water partition coefficient (Wildman–Crippen LogP) is 3.00. The van der Waals surface area contributed by atoms with Crippen LogP contribution in [0, 0.1) is 0 Å². The van der Waals surface area contributed by atoms with Gasteiger partial charge in [-0.25, -0.2) is 0 Å². The van der Waals surface area contributed by atoms with Gasteiger partial charge in [0.2, 0.25) is 0 Å². The number of nitrogens with two attached hydrogens (primary N) is 1. The Kier molecular flexibility index (Phi) is 3.80. The zero-order chi connectivity index (χ0) is 8.97. The molecule has 1 heteroatoms. The van der Waals surface area contributed by atoms with Gasteiger partial charge in [0.25, 0.3) is 0 Å². The molecule has 0 aromatic rings. The zero-order valence-electron chi connectivity index (χ0n) is 8.40. The van der Waals surface area contributed by atoms with Gasteiger partial charge in [0.05, 0.1) is 0 Å². The maximum absolute atomic E-state index is 5.94. The summed E-state index contributed by atoms with van der Waals surface area (Å²) in [4.78, 5) is 0. The summed E-state index contributed by atoms with van der Waals surface area (Å²) in [5, 5.41) is 0. The molecule has 0 bridgehead atoms. The van der Waals surface area contributed by atoms with Crippen LogP contribution in [-0.2, 0) is 0 Å². The van der Waals surface area contributed by atoms with Gasteiger partial charge in [0.15, 0.2) is 0 Å². The summed E-state index contributed by atoms with van der Waals surface area (Å²) in [5.74, 6) is 0. The summed E-state index contributed by atoms with van der Waals surface area (Å²) < 4.78 is 0. The lowest BCUT2D eigenvalue weighted by molar-refractivity contribution is 0.510. The van der Waals surface area contributed by atoms with Gasteiger partial charge in [-0.05, 0) is 38.5 Å². The lowest BCUT2D eigenvalue weighted by Gasteiger charge is -2.23. The van der Waals surface area contributed by atoms with Gasteiger partial charge in [-0.2, -0.15) is 0 Å². The number of rotatable bonds is 2. The Morgan fingerprint density at radius 3 is 2.58 bits per heavy atom. The molecule has 1 atom stereocenters. The first-order valence-electron chi connectivity index (χ1n) is 5.23. The van der Waals surface area contributed by atoms with E-state index in [-0.39, 0.29) is 0 Å². The van der Waals surface area contributed by atoms with Crippen LogP contribution in [0.5, 0.6) is 0 Å². The second-order valence-electron chi connectivity index (χ2n) is 3.77. The highest BCUT2D eigenvalue weighted by Crippen LogP contribution is 2.27. The van der Waals surface area contributed by atoms with Gasteiger partial charge >= 0.3 is 0 Å². The largest absolute Gasteiger partial charge is 0.327 e. The van der Waals surface area contributed by atoms with Crippen molar-refractivity contribution in [1.29, 1.82) is 0 Å². The second-order valence-corrected chi connectivity index (χ2v) is 3.77. The Bertz CT molecular complexity index is 164. The van der Waals surface area contributed by atoms with E-state index in [9.17, 15) is 0 Å². The van der Waals surface area contributed by atoms with E-state index in [1.165, 1.54) is 32.1 Å². The molecule has 2 N–H and O–H groups in total. The van der Waals surface area contributed by atoms with Crippen LogP contribution in [0.15, 0.2) is 11.1 Å². The molecule has 0 aliphatic heterocycles. The molecular formula is C11H21N. The van der Waals surface area contributed by atoms with Crippen molar-refractivity contribution in [1.82, 2.24) is 0 Å². The normalized spacial score (nSPS) is 24.2. The number of hydrogen-bond acceptors (Lipinski definition) is 1. The quantitative estimate of drug-likeness (QED) is 0.629. The minimum absolute atomic E-state index is 0.446. The SMILES string of the molecule is CCC(CC)=C1CCCC(N)C1. The lowest BCUT2D eigenvalue weighted by Crippen LogP contribution is -2.24. The fraction of sp³-hybridized carbons (Fsp3) is 0.818. The van der Waals surface area contributed by atoms with Gasteiger partial charge in [0.1, 0.15) is 0 Å². The molecule has 0 aromatic carbocycles. The van der Waals surface area contributed by atoms with E-state index < -0.39 is 0 Å². The van der Waals surface area contributed by atoms with Crippen molar-refractivity contribution in [2.75, 3.05) is 0 Å². The van der Waals surface area contributed by atoms with Crippen LogP contribution in [0.25, 0.3) is 0 Å². The summed E-state index contributed by atoms with van der Waals surface area (Å²) in [6.07, 6.45) is 7.45. The van der Waals surface area contributed by atoms with Gasteiger partial charge in [0, 0.05) is 6.04 Å². The maximum Gasteiger partial charge on any atom is 0.00762 e. The first-order valence-corrected chi connectivity index (χ1v) is 5.23. The van der Waals surface area contributed by atoms with E-state index in [0.717, 1.165) is 6.42 Å². The van der Waals surface area contributed by atoms with Gasteiger partial charge in [-0.15, -0.1) is 0 Å². The molecule has 1 aliphatic carbocycles. The average Bonchev–Trinajstić information content (AvgIpc) is 2.07. The summed E-state index contributed by atoms with van der Waals surface area (Å²) in [6, 6.07) is 0.446. The fourth-order valence-corrected chi connectivity index (χ4v) is 2.17. The lowest BCUT2D eigenvalue weighted by atomic mass is 9.86. The first-order chi connectivity index (χ1) is 5.77. The molecule has 1 unspecified atom stereocenters. The van der Waals surface area contributed by atoms with Crippen molar-refractivity contribution in [3.63, 3.8) is 0 Å². The van der Waals surface area contributed by atoms with Crippen LogP contribution < -0.4 is 5.73 Å². The minimum Gasteiger partial charge on any atom is -0.327 e. The number of hydrogen-bond donors (Lipinski definition) is 1. The van der Waals surface area contributed by atoms with Crippen molar-refractivity contribution < 1.29 is 0 Å². The third kappa shape index (κ3) is 2.34. The molecule has 70 valence electrons. The molecule has 0 saturated heterocycles. The minimum atomic E-state index is 0.446. The maximum atomic E-state index is 5.94. The zero-order valence-corrected chi connectivity index (χ0v) is 8.40. The van der Waals surface area contributed by atoms with Crippen molar-refractivity contribution in [3.8, 4) is 0 Å². The Morgan fingerprint density at radius 2 is 2.08 bits per heavy atom. The van der Waals surface area contributed by atoms with Crippen LogP contribution in [0.3, 0.4) is 0 Å². The smallest absolute Gasteiger partial charge is 0.00762 e. The van der Waals surface area contributed by atoms with E-state index in [4.69, 9.17) is 5.73 Å². The van der Waals surface area contributed by atoms with Crippen LogP contribution in [0.4, 0.5) is 0 Å². The predicted molar refractivity (Wildman–Crippen MR) is 54.1 cm³/mol. The Hall–Kier alpha value is -0.300. The summed E-state index contributed by atoms with van der Waals surface area (Å²) in [6.45, 7) is 4.51. The van der Waals surface area contributed by atoms with Crippen molar-refractivity contribution >= 4 is 0 Å². The Balaban J connectivity index is 2.63. The van der Waals surface area contributed by atoms with E-state index in [1.54, 1.807) is 11.1 Å². The van der Waals surface area contributed by atoms with Gasteiger partial charge in [-0.3, -0.25) is 0 Å². The van der Waals surface area contributed by atoms with Gasteiger partial charge in [-0.1, -0.05) is 25.0 Å². The Morgan fingerprint density at radius 1 is 1.42 bits per heavy atom. The highest BCUT2D eigenvalue weighted by molar-refractivity contribution is 5.16. The summed E-state index contributed by atoms with van der Waals surface area (Å²) >= 11 is 0. The summed E-state index contributed by atoms with van der Waals surface area (Å²) in [7, 11) is 0. The third-order valence-corrected chi connectivity index (χ3v) is 2.92. The average molecular weight is 167 g/mol. The molecule has 1 aliphatic rings. The van der Waals surface area contributed by atoms with Crippen molar-refractivity contribution in [2.45, 2.75) is 58.4 Å². The second kappa shape index (κ2) is 4.66.